The van der Waals surface area contributed by atoms with Gasteiger partial charge in [-0.25, -0.2) is 4.98 Å². The number of hydrogen-bond acceptors (Lipinski definition) is 5. The lowest BCUT2D eigenvalue weighted by atomic mass is 10.1. The Balaban J connectivity index is 2.13. The Bertz CT molecular complexity index is 878. The van der Waals surface area contributed by atoms with Crippen LogP contribution in [0.3, 0.4) is 0 Å². The minimum Gasteiger partial charge on any atom is -0.380 e. The summed E-state index contributed by atoms with van der Waals surface area (Å²) in [5.41, 5.74) is 5.02. The minimum atomic E-state index is -0.153. The van der Waals surface area contributed by atoms with Crippen LogP contribution in [-0.4, -0.2) is 23.8 Å². The number of benzene rings is 1. The summed E-state index contributed by atoms with van der Waals surface area (Å²) >= 11 is 4.72. The fourth-order valence-corrected chi connectivity index (χ4v) is 3.83. The van der Waals surface area contributed by atoms with Crippen LogP contribution in [0.5, 0.6) is 0 Å². The van der Waals surface area contributed by atoms with E-state index in [0.29, 0.717) is 17.2 Å². The van der Waals surface area contributed by atoms with Crippen molar-refractivity contribution in [2.24, 2.45) is 0 Å². The second kappa shape index (κ2) is 9.17. The number of hydrogen-bond donors (Lipinski definition) is 1. The summed E-state index contributed by atoms with van der Waals surface area (Å²) in [6.07, 6.45) is 0. The van der Waals surface area contributed by atoms with Gasteiger partial charge in [0.1, 0.15) is 11.1 Å². The molecule has 1 aromatic carbocycles. The molecule has 0 saturated carbocycles. The molecular weight excluding hydrogens is 414 g/mol. The first-order valence-corrected chi connectivity index (χ1v) is 9.72. The molecular formula is C19H20BrN3O2S. The number of carbonyl (C=O) groups is 1. The third kappa shape index (κ3) is 5.07. The maximum atomic E-state index is 12.3. The zero-order valence-corrected chi connectivity index (χ0v) is 17.5. The maximum absolute atomic E-state index is 12.3. The van der Waals surface area contributed by atoms with Crippen LogP contribution in [0.1, 0.15) is 27.9 Å². The summed E-state index contributed by atoms with van der Waals surface area (Å²) < 4.78 is 5.99. The molecule has 26 heavy (non-hydrogen) atoms. The van der Waals surface area contributed by atoms with Crippen LogP contribution in [-0.2, 0) is 16.1 Å². The fourth-order valence-electron chi connectivity index (χ4n) is 2.40. The first-order chi connectivity index (χ1) is 12.3. The fraction of sp³-hybridized carbons (Fsp3) is 0.316. The van der Waals surface area contributed by atoms with Gasteiger partial charge in [-0.3, -0.25) is 4.79 Å². The Morgan fingerprint density at radius 3 is 2.65 bits per heavy atom. The van der Waals surface area contributed by atoms with Crippen LogP contribution in [0.25, 0.3) is 0 Å². The van der Waals surface area contributed by atoms with Crippen molar-refractivity contribution in [1.82, 2.24) is 4.98 Å². The molecule has 1 amide bonds. The van der Waals surface area contributed by atoms with Gasteiger partial charge in [-0.15, -0.1) is 0 Å². The van der Waals surface area contributed by atoms with Crippen LogP contribution in [0, 0.1) is 32.1 Å². The van der Waals surface area contributed by atoms with Crippen molar-refractivity contribution in [2.45, 2.75) is 32.4 Å². The number of ether oxygens (including phenoxy) is 1. The Morgan fingerprint density at radius 2 is 2.00 bits per heavy atom. The monoisotopic (exact) mass is 433 g/mol. The molecule has 0 fully saturated rings. The Hall–Kier alpha value is -1.88. The van der Waals surface area contributed by atoms with Crippen molar-refractivity contribution in [2.75, 3.05) is 18.2 Å². The molecule has 1 heterocycles. The zero-order chi connectivity index (χ0) is 19.3. The molecule has 1 N–H and O–H groups in total. The highest BCUT2D eigenvalue weighted by molar-refractivity contribution is 9.10. The summed E-state index contributed by atoms with van der Waals surface area (Å²) in [6.45, 7) is 6.21. The number of aromatic nitrogens is 1. The van der Waals surface area contributed by atoms with Crippen molar-refractivity contribution in [1.29, 1.82) is 5.26 Å². The largest absolute Gasteiger partial charge is 0.380 e. The van der Waals surface area contributed by atoms with E-state index in [-0.39, 0.29) is 11.7 Å². The molecule has 1 aromatic heterocycles. The van der Waals surface area contributed by atoms with Crippen LogP contribution in [0.4, 0.5) is 5.69 Å². The third-order valence-corrected chi connectivity index (χ3v) is 5.44. The van der Waals surface area contributed by atoms with Gasteiger partial charge in [0.15, 0.2) is 0 Å². The summed E-state index contributed by atoms with van der Waals surface area (Å²) in [7, 11) is 1.58. The molecule has 0 bridgehead atoms. The number of pyridine rings is 1. The van der Waals surface area contributed by atoms with Gasteiger partial charge < -0.3 is 10.1 Å². The lowest BCUT2D eigenvalue weighted by Gasteiger charge is -2.12. The van der Waals surface area contributed by atoms with Gasteiger partial charge in [-0.05, 0) is 71.6 Å². The molecule has 136 valence electrons. The van der Waals surface area contributed by atoms with Crippen molar-refractivity contribution >= 4 is 39.3 Å². The van der Waals surface area contributed by atoms with Gasteiger partial charge in [0, 0.05) is 17.3 Å². The second-order valence-electron chi connectivity index (χ2n) is 5.90. The number of rotatable bonds is 6. The second-order valence-corrected chi connectivity index (χ2v) is 7.72. The Kier molecular flexibility index (Phi) is 7.21. The van der Waals surface area contributed by atoms with E-state index in [9.17, 15) is 10.1 Å². The molecule has 2 rings (SSSR count). The highest BCUT2D eigenvalue weighted by Crippen LogP contribution is 2.28. The summed E-state index contributed by atoms with van der Waals surface area (Å²) in [5, 5.41) is 12.9. The molecule has 2 aromatic rings. The number of nitrogens with one attached hydrogen (secondary N) is 1. The van der Waals surface area contributed by atoms with Gasteiger partial charge in [0.2, 0.25) is 5.91 Å². The molecule has 0 aliphatic carbocycles. The van der Waals surface area contributed by atoms with Crippen molar-refractivity contribution in [3.05, 3.63) is 50.6 Å². The van der Waals surface area contributed by atoms with E-state index >= 15 is 0 Å². The lowest BCUT2D eigenvalue weighted by Crippen LogP contribution is -2.15. The Labute approximate surface area is 166 Å². The number of anilines is 1. The van der Waals surface area contributed by atoms with E-state index in [2.05, 4.69) is 32.3 Å². The number of thioether (sulfide) groups is 1. The molecule has 5 nitrogen and oxygen atoms in total. The topological polar surface area (TPSA) is 75.0 Å². The summed E-state index contributed by atoms with van der Waals surface area (Å²) in [5.74, 6) is 0.0103. The van der Waals surface area contributed by atoms with E-state index in [1.54, 1.807) is 7.11 Å². The SMILES string of the molecule is COCc1cc(C)nc(SCC(=O)Nc2cc(C)c(C)cc2Br)c1C#N. The van der Waals surface area contributed by atoms with Gasteiger partial charge in [-0.2, -0.15) is 5.26 Å². The number of amides is 1. The molecule has 7 heteroatoms. The molecule has 0 unspecified atom stereocenters. The molecule has 0 aliphatic heterocycles. The molecule has 0 spiro atoms. The van der Waals surface area contributed by atoms with Gasteiger partial charge in [0.25, 0.3) is 0 Å². The van der Waals surface area contributed by atoms with Crippen LogP contribution in [0.15, 0.2) is 27.7 Å². The normalized spacial score (nSPS) is 10.5. The quantitative estimate of drug-likeness (QED) is 0.677. The zero-order valence-electron chi connectivity index (χ0n) is 15.1. The number of carbonyl (C=O) groups excluding carboxylic acids is 1. The molecule has 0 radical (unpaired) electrons. The molecule has 0 saturated heterocycles. The predicted molar refractivity (Wildman–Crippen MR) is 107 cm³/mol. The average molecular weight is 434 g/mol. The first-order valence-electron chi connectivity index (χ1n) is 7.94. The summed E-state index contributed by atoms with van der Waals surface area (Å²) in [6, 6.07) is 7.91. The number of methoxy groups -OCH3 is 1. The van der Waals surface area contributed by atoms with Crippen molar-refractivity contribution < 1.29 is 9.53 Å². The maximum Gasteiger partial charge on any atom is 0.234 e. The van der Waals surface area contributed by atoms with E-state index in [0.717, 1.165) is 32.5 Å². The Morgan fingerprint density at radius 1 is 1.31 bits per heavy atom. The van der Waals surface area contributed by atoms with Crippen molar-refractivity contribution in [3.63, 3.8) is 0 Å². The van der Waals surface area contributed by atoms with Gasteiger partial charge >= 0.3 is 0 Å². The molecule has 0 atom stereocenters. The highest BCUT2D eigenvalue weighted by Gasteiger charge is 2.14. The highest BCUT2D eigenvalue weighted by atomic mass is 79.9. The van der Waals surface area contributed by atoms with Crippen LogP contribution >= 0.6 is 27.7 Å². The first kappa shape index (κ1) is 20.4. The van der Waals surface area contributed by atoms with Crippen LogP contribution < -0.4 is 5.32 Å². The predicted octanol–water partition coefficient (Wildman–Crippen LogP) is 4.52. The number of nitrogens with zero attached hydrogens (tertiary/aromatic N) is 2. The van der Waals surface area contributed by atoms with Gasteiger partial charge in [-0.1, -0.05) is 11.8 Å². The number of nitriles is 1. The van der Waals surface area contributed by atoms with Gasteiger partial charge in [0.05, 0.1) is 23.6 Å². The van der Waals surface area contributed by atoms with Crippen molar-refractivity contribution in [3.8, 4) is 6.07 Å². The standard InChI is InChI=1S/C19H20BrN3O2S/c1-11-5-16(20)17(6-12(11)2)23-18(24)10-26-19-15(8-21)14(9-25-4)7-13(3)22-19/h5-7H,9-10H2,1-4H3,(H,23,24). The van der Waals surface area contributed by atoms with E-state index in [4.69, 9.17) is 4.74 Å². The van der Waals surface area contributed by atoms with E-state index < -0.39 is 0 Å². The number of halogens is 1. The molecule has 0 aliphatic rings. The average Bonchev–Trinajstić information content (AvgIpc) is 2.58. The number of aryl methyl sites for hydroxylation is 3. The van der Waals surface area contributed by atoms with E-state index in [1.807, 2.05) is 39.0 Å². The van der Waals surface area contributed by atoms with E-state index in [1.165, 1.54) is 11.8 Å². The van der Waals surface area contributed by atoms with Crippen LogP contribution in [0.2, 0.25) is 0 Å². The smallest absolute Gasteiger partial charge is 0.234 e. The minimum absolute atomic E-state index is 0.153. The summed E-state index contributed by atoms with van der Waals surface area (Å²) in [4.78, 5) is 16.7. The third-order valence-electron chi connectivity index (χ3n) is 3.81. The lowest BCUT2D eigenvalue weighted by molar-refractivity contribution is -0.113.